The summed E-state index contributed by atoms with van der Waals surface area (Å²) in [5, 5.41) is 0. The zero-order chi connectivity index (χ0) is 19.6. The highest BCUT2D eigenvalue weighted by Crippen LogP contribution is 2.36. The topological polar surface area (TPSA) is 84.0 Å². The van der Waals surface area contributed by atoms with Gasteiger partial charge in [0.25, 0.3) is 11.8 Å². The number of esters is 1. The van der Waals surface area contributed by atoms with Crippen LogP contribution in [-0.4, -0.2) is 47.1 Å². The molecule has 2 atom stereocenters. The average molecular weight is 379 g/mol. The minimum Gasteiger partial charge on any atom is -0.464 e. The van der Waals surface area contributed by atoms with Crippen LogP contribution in [0.25, 0.3) is 0 Å². The second kappa shape index (κ2) is 7.70. The summed E-state index contributed by atoms with van der Waals surface area (Å²) >= 11 is 6.37. The van der Waals surface area contributed by atoms with Crippen molar-refractivity contribution in [2.75, 3.05) is 12.0 Å². The highest BCUT2D eigenvalue weighted by Gasteiger charge is 2.55. The first kappa shape index (κ1) is 19.7. The fraction of sp³-hybridized carbons (Fsp3) is 0.333. The smallest absolute Gasteiger partial charge is 0.354 e. The van der Waals surface area contributed by atoms with Crippen molar-refractivity contribution in [2.45, 2.75) is 32.3 Å². The molecule has 8 heteroatoms. The third-order valence-electron chi connectivity index (χ3n) is 3.92. The second-order valence-corrected chi connectivity index (χ2v) is 6.38. The Morgan fingerprint density at radius 3 is 2.12 bits per heavy atom. The van der Waals surface area contributed by atoms with E-state index in [4.69, 9.17) is 16.3 Å². The molecule has 1 aromatic rings. The van der Waals surface area contributed by atoms with E-state index in [0.29, 0.717) is 11.3 Å². The number of benzene rings is 1. The zero-order valence-corrected chi connectivity index (χ0v) is 15.6. The standard InChI is InChI=1S/C18H19ClN2O5/c1-10(2)13(18(25)26-4)21-15(19)14(17(21)24)20(16(23)11(3)22)12-8-6-5-7-9-12/h5-9,14-15H,1-4H3/t14?,15-/m0/s1. The quantitative estimate of drug-likeness (QED) is 0.195. The van der Waals surface area contributed by atoms with E-state index < -0.39 is 35.1 Å². The summed E-state index contributed by atoms with van der Waals surface area (Å²) in [5.74, 6) is -2.84. The fourth-order valence-corrected chi connectivity index (χ4v) is 3.12. The number of carbonyl (C=O) groups is 4. The Hall–Kier alpha value is -2.67. The number of methoxy groups -OCH3 is 1. The van der Waals surface area contributed by atoms with Gasteiger partial charge in [0.15, 0.2) is 6.04 Å². The number of halogens is 1. The van der Waals surface area contributed by atoms with E-state index in [1.54, 1.807) is 44.2 Å². The average Bonchev–Trinajstić information content (AvgIpc) is 2.62. The number of amides is 2. The van der Waals surface area contributed by atoms with Crippen LogP contribution < -0.4 is 4.90 Å². The zero-order valence-electron chi connectivity index (χ0n) is 14.9. The van der Waals surface area contributed by atoms with Crippen molar-refractivity contribution < 1.29 is 23.9 Å². The van der Waals surface area contributed by atoms with Crippen molar-refractivity contribution >= 4 is 40.9 Å². The van der Waals surface area contributed by atoms with Crippen LogP contribution in [0.15, 0.2) is 41.6 Å². The molecule has 2 amide bonds. The Kier molecular flexibility index (Phi) is 5.82. The highest BCUT2D eigenvalue weighted by atomic mass is 35.5. The number of anilines is 1. The predicted molar refractivity (Wildman–Crippen MR) is 95.3 cm³/mol. The van der Waals surface area contributed by atoms with E-state index in [0.717, 1.165) is 16.7 Å². The van der Waals surface area contributed by atoms with Crippen LogP contribution in [0, 0.1) is 0 Å². The molecule has 1 aliphatic rings. The fourth-order valence-electron chi connectivity index (χ4n) is 2.71. The van der Waals surface area contributed by atoms with Crippen molar-refractivity contribution in [1.82, 2.24) is 4.90 Å². The van der Waals surface area contributed by atoms with Crippen LogP contribution in [0.2, 0.25) is 0 Å². The van der Waals surface area contributed by atoms with Crippen molar-refractivity contribution in [1.29, 1.82) is 0 Å². The third kappa shape index (κ3) is 3.35. The van der Waals surface area contributed by atoms with Crippen LogP contribution in [0.4, 0.5) is 5.69 Å². The number of ether oxygens (including phenoxy) is 1. The predicted octanol–water partition coefficient (Wildman–Crippen LogP) is 1.85. The molecule has 138 valence electrons. The maximum atomic E-state index is 12.8. The van der Waals surface area contributed by atoms with Gasteiger partial charge in [-0.2, -0.15) is 0 Å². The maximum absolute atomic E-state index is 12.8. The summed E-state index contributed by atoms with van der Waals surface area (Å²) in [5.41, 5.74) is -0.0846. The monoisotopic (exact) mass is 378 g/mol. The van der Waals surface area contributed by atoms with Gasteiger partial charge in [0.1, 0.15) is 11.2 Å². The number of hydrogen-bond donors (Lipinski definition) is 0. The molecule has 0 saturated carbocycles. The van der Waals surface area contributed by atoms with Crippen LogP contribution in [0.3, 0.4) is 0 Å². The van der Waals surface area contributed by atoms with Gasteiger partial charge in [-0.3, -0.25) is 24.2 Å². The van der Waals surface area contributed by atoms with Gasteiger partial charge < -0.3 is 4.74 Å². The number of rotatable bonds is 5. The minimum absolute atomic E-state index is 0.0250. The molecule has 0 aliphatic carbocycles. The summed E-state index contributed by atoms with van der Waals surface area (Å²) in [6.45, 7) is 4.41. The minimum atomic E-state index is -1.10. The molecule has 1 fully saturated rings. The number of ketones is 1. The van der Waals surface area contributed by atoms with Gasteiger partial charge in [0.2, 0.25) is 5.78 Å². The van der Waals surface area contributed by atoms with E-state index in [1.807, 2.05) is 0 Å². The molecule has 1 heterocycles. The molecular formula is C18H19ClN2O5. The van der Waals surface area contributed by atoms with Crippen molar-refractivity contribution in [2.24, 2.45) is 0 Å². The van der Waals surface area contributed by atoms with Gasteiger partial charge in [0.05, 0.1) is 7.11 Å². The van der Waals surface area contributed by atoms with Gasteiger partial charge in [-0.15, -0.1) is 0 Å². The molecule has 26 heavy (non-hydrogen) atoms. The molecule has 0 aromatic heterocycles. The van der Waals surface area contributed by atoms with Crippen LogP contribution in [0.5, 0.6) is 0 Å². The Balaban J connectivity index is 2.43. The number of para-hydroxylation sites is 1. The van der Waals surface area contributed by atoms with Gasteiger partial charge in [0, 0.05) is 12.6 Å². The third-order valence-corrected chi connectivity index (χ3v) is 4.36. The lowest BCUT2D eigenvalue weighted by atomic mass is 10.0. The largest absolute Gasteiger partial charge is 0.464 e. The van der Waals surface area contributed by atoms with Gasteiger partial charge in [-0.1, -0.05) is 29.8 Å². The van der Waals surface area contributed by atoms with E-state index in [2.05, 4.69) is 0 Å². The number of allylic oxidation sites excluding steroid dienone is 1. The lowest BCUT2D eigenvalue weighted by molar-refractivity contribution is -0.151. The van der Waals surface area contributed by atoms with E-state index in [-0.39, 0.29) is 5.70 Å². The molecule has 1 aromatic carbocycles. The highest BCUT2D eigenvalue weighted by molar-refractivity contribution is 6.42. The number of β-lactam (4-membered cyclic amide) rings is 1. The van der Waals surface area contributed by atoms with Crippen LogP contribution in [0.1, 0.15) is 20.8 Å². The first-order chi connectivity index (χ1) is 12.2. The summed E-state index contributed by atoms with van der Waals surface area (Å²) in [6.07, 6.45) is 0. The molecule has 0 spiro atoms. The first-order valence-corrected chi connectivity index (χ1v) is 8.28. The van der Waals surface area contributed by atoms with Crippen molar-refractivity contribution in [3.8, 4) is 0 Å². The number of hydrogen-bond acceptors (Lipinski definition) is 5. The van der Waals surface area contributed by atoms with Crippen molar-refractivity contribution in [3.05, 3.63) is 41.6 Å². The summed E-state index contributed by atoms with van der Waals surface area (Å²) in [6, 6.07) is 7.19. The summed E-state index contributed by atoms with van der Waals surface area (Å²) in [7, 11) is 1.20. The Bertz CT molecular complexity index is 786. The molecule has 7 nitrogen and oxygen atoms in total. The second-order valence-electron chi connectivity index (χ2n) is 5.93. The molecule has 1 aliphatic heterocycles. The van der Waals surface area contributed by atoms with Crippen molar-refractivity contribution in [3.63, 3.8) is 0 Å². The SMILES string of the molecule is COC(=O)C(=C(C)C)N1C(=O)C(N(C(=O)C(C)=O)c2ccccc2)[C@H]1Cl. The van der Waals surface area contributed by atoms with Crippen LogP contribution in [-0.2, 0) is 23.9 Å². The van der Waals surface area contributed by atoms with Gasteiger partial charge >= 0.3 is 5.97 Å². The summed E-state index contributed by atoms with van der Waals surface area (Å²) in [4.78, 5) is 51.0. The first-order valence-electron chi connectivity index (χ1n) is 7.84. The van der Waals surface area contributed by atoms with E-state index in [1.165, 1.54) is 7.11 Å². The number of likely N-dealkylation sites (tertiary alicyclic amines) is 1. The molecule has 2 rings (SSSR count). The summed E-state index contributed by atoms with van der Waals surface area (Å²) < 4.78 is 4.71. The van der Waals surface area contributed by atoms with E-state index in [9.17, 15) is 19.2 Å². The van der Waals surface area contributed by atoms with Crippen LogP contribution >= 0.6 is 11.6 Å². The lowest BCUT2D eigenvalue weighted by Crippen LogP contribution is -2.70. The molecule has 1 unspecified atom stereocenters. The molecule has 0 radical (unpaired) electrons. The van der Waals surface area contributed by atoms with E-state index >= 15 is 0 Å². The number of Topliss-reactive ketones (excluding diaryl/α,β-unsaturated/α-hetero) is 1. The van der Waals surface area contributed by atoms with Gasteiger partial charge in [-0.25, -0.2) is 4.79 Å². The Morgan fingerprint density at radius 1 is 1.12 bits per heavy atom. The molecule has 0 bridgehead atoms. The Labute approximate surface area is 156 Å². The molecule has 1 saturated heterocycles. The van der Waals surface area contributed by atoms with Gasteiger partial charge in [-0.05, 0) is 31.6 Å². The number of nitrogens with zero attached hydrogens (tertiary/aromatic N) is 2. The lowest BCUT2D eigenvalue weighted by Gasteiger charge is -2.48. The maximum Gasteiger partial charge on any atom is 0.354 e. The Morgan fingerprint density at radius 2 is 1.69 bits per heavy atom. The molecule has 0 N–H and O–H groups in total. The number of alkyl halides is 1. The normalized spacial score (nSPS) is 18.7. The number of carbonyl (C=O) groups excluding carboxylic acids is 4. The molecular weight excluding hydrogens is 360 g/mol.